The number of aromatic nitrogens is 1. The third kappa shape index (κ3) is 4.63. The summed E-state index contributed by atoms with van der Waals surface area (Å²) in [5.41, 5.74) is 3.88. The molecule has 0 aliphatic carbocycles. The van der Waals surface area contributed by atoms with E-state index in [1.807, 2.05) is 71.4 Å². The van der Waals surface area contributed by atoms with E-state index in [0.717, 1.165) is 22.0 Å². The quantitative estimate of drug-likeness (QED) is 0.283. The number of likely N-dealkylation sites (N-methyl/N-ethyl adjacent to an activating group) is 1. The van der Waals surface area contributed by atoms with Crippen LogP contribution in [0.15, 0.2) is 90.8 Å². The lowest BCUT2D eigenvalue weighted by atomic mass is 10.1. The Bertz CT molecular complexity index is 1500. The molecule has 2 amide bonds. The lowest BCUT2D eigenvalue weighted by molar-refractivity contribution is -0.121. The number of para-hydroxylation sites is 1. The van der Waals surface area contributed by atoms with Crippen LogP contribution >= 0.6 is 23.8 Å². The number of benzene rings is 3. The van der Waals surface area contributed by atoms with Crippen molar-refractivity contribution in [1.29, 1.82) is 0 Å². The molecule has 0 radical (unpaired) electrons. The summed E-state index contributed by atoms with van der Waals surface area (Å²) in [5.74, 6) is -0.315. The zero-order chi connectivity index (χ0) is 25.2. The Morgan fingerprint density at radius 2 is 1.69 bits per heavy atom. The Kier molecular flexibility index (Phi) is 6.59. The van der Waals surface area contributed by atoms with Crippen LogP contribution in [0, 0.1) is 0 Å². The van der Waals surface area contributed by atoms with Gasteiger partial charge >= 0.3 is 0 Å². The van der Waals surface area contributed by atoms with Crippen LogP contribution in [0.25, 0.3) is 17.0 Å². The van der Waals surface area contributed by atoms with Crippen molar-refractivity contribution in [2.45, 2.75) is 13.1 Å². The number of nitrogens with zero attached hydrogens (tertiary/aromatic N) is 3. The number of hydrogen-bond acceptors (Lipinski definition) is 3. The Morgan fingerprint density at radius 1 is 1.00 bits per heavy atom. The first-order chi connectivity index (χ1) is 17.4. The average molecular weight is 515 g/mol. The Hall–Kier alpha value is -3.94. The number of nitrogens with one attached hydrogen (secondary N) is 1. The van der Waals surface area contributed by atoms with Crippen molar-refractivity contribution in [3.63, 3.8) is 0 Å². The fourth-order valence-electron chi connectivity index (χ4n) is 4.25. The summed E-state index contributed by atoms with van der Waals surface area (Å²) in [7, 11) is 1.78. The van der Waals surface area contributed by atoms with E-state index in [1.54, 1.807) is 36.2 Å². The van der Waals surface area contributed by atoms with Gasteiger partial charge in [0.05, 0.1) is 5.69 Å². The first-order valence-corrected chi connectivity index (χ1v) is 12.2. The molecule has 1 aliphatic rings. The van der Waals surface area contributed by atoms with Gasteiger partial charge in [0.15, 0.2) is 5.11 Å². The van der Waals surface area contributed by atoms with E-state index in [-0.39, 0.29) is 18.4 Å². The topological polar surface area (TPSA) is 57.6 Å². The zero-order valence-electron chi connectivity index (χ0n) is 19.5. The van der Waals surface area contributed by atoms with Gasteiger partial charge in [0, 0.05) is 41.3 Å². The molecule has 1 aliphatic heterocycles. The van der Waals surface area contributed by atoms with E-state index < -0.39 is 0 Å². The van der Waals surface area contributed by atoms with Gasteiger partial charge in [0.2, 0.25) is 5.91 Å². The van der Waals surface area contributed by atoms with Gasteiger partial charge in [-0.15, -0.1) is 0 Å². The van der Waals surface area contributed by atoms with Crippen LogP contribution in [0.2, 0.25) is 5.02 Å². The molecule has 0 spiro atoms. The van der Waals surface area contributed by atoms with Crippen molar-refractivity contribution in [2.75, 3.05) is 11.9 Å². The molecular weight excluding hydrogens is 492 g/mol. The van der Waals surface area contributed by atoms with Crippen LogP contribution in [0.5, 0.6) is 0 Å². The fourth-order valence-corrected chi connectivity index (χ4v) is 4.66. The minimum Gasteiger partial charge on any atom is -0.350 e. The van der Waals surface area contributed by atoms with E-state index in [4.69, 9.17) is 23.8 Å². The Labute approximate surface area is 219 Å². The smallest absolute Gasteiger partial charge is 0.281 e. The molecular formula is C28H23ClN4O2S. The summed E-state index contributed by atoms with van der Waals surface area (Å²) in [5, 5.41) is 4.89. The lowest BCUT2D eigenvalue weighted by Gasteiger charge is -2.16. The van der Waals surface area contributed by atoms with Crippen molar-refractivity contribution < 1.29 is 9.59 Å². The number of hydrogen-bond donors (Lipinski definition) is 1. The van der Waals surface area contributed by atoms with Gasteiger partial charge in [-0.1, -0.05) is 60.1 Å². The predicted molar refractivity (Wildman–Crippen MR) is 148 cm³/mol. The van der Waals surface area contributed by atoms with Gasteiger partial charge in [0.25, 0.3) is 5.91 Å². The normalized spacial score (nSPS) is 14.8. The summed E-state index contributed by atoms with van der Waals surface area (Å²) < 4.78 is 1.90. The van der Waals surface area contributed by atoms with Gasteiger partial charge < -0.3 is 14.8 Å². The van der Waals surface area contributed by atoms with Gasteiger partial charge in [0.1, 0.15) is 12.2 Å². The van der Waals surface area contributed by atoms with Crippen LogP contribution in [0.4, 0.5) is 5.69 Å². The number of fused-ring (bicyclic) bond motifs is 1. The molecule has 1 aromatic heterocycles. The number of rotatable bonds is 6. The Morgan fingerprint density at radius 3 is 2.44 bits per heavy atom. The SMILES string of the molecule is CN1C(=S)N(c2ccc(Cl)cc2)C(=O)/C1=C/c1cn(CC(=O)NCc2ccccc2)c2ccccc12. The zero-order valence-corrected chi connectivity index (χ0v) is 21.1. The van der Waals surface area contributed by atoms with Gasteiger partial charge in [-0.05, 0) is 54.2 Å². The minimum absolute atomic E-state index is 0.0945. The summed E-state index contributed by atoms with van der Waals surface area (Å²) in [6.45, 7) is 0.628. The molecule has 6 nitrogen and oxygen atoms in total. The van der Waals surface area contributed by atoms with Crippen molar-refractivity contribution in [1.82, 2.24) is 14.8 Å². The third-order valence-electron chi connectivity index (χ3n) is 6.10. The largest absolute Gasteiger partial charge is 0.350 e. The highest BCUT2D eigenvalue weighted by molar-refractivity contribution is 7.80. The van der Waals surface area contributed by atoms with E-state index in [9.17, 15) is 9.59 Å². The van der Waals surface area contributed by atoms with Crippen LogP contribution in [-0.4, -0.2) is 33.4 Å². The molecule has 0 atom stereocenters. The van der Waals surface area contributed by atoms with E-state index in [0.29, 0.717) is 28.1 Å². The van der Waals surface area contributed by atoms with E-state index >= 15 is 0 Å². The second-order valence-electron chi connectivity index (χ2n) is 8.48. The Balaban J connectivity index is 1.42. The molecule has 0 unspecified atom stereocenters. The maximum absolute atomic E-state index is 13.4. The number of carbonyl (C=O) groups is 2. The minimum atomic E-state index is -0.220. The molecule has 0 saturated carbocycles. The number of anilines is 1. The summed E-state index contributed by atoms with van der Waals surface area (Å²) >= 11 is 11.6. The van der Waals surface area contributed by atoms with Crippen molar-refractivity contribution in [3.8, 4) is 0 Å². The molecule has 5 rings (SSSR count). The van der Waals surface area contributed by atoms with Gasteiger partial charge in [-0.2, -0.15) is 0 Å². The third-order valence-corrected chi connectivity index (χ3v) is 6.81. The molecule has 180 valence electrons. The second-order valence-corrected chi connectivity index (χ2v) is 9.28. The van der Waals surface area contributed by atoms with Crippen LogP contribution < -0.4 is 10.2 Å². The first kappa shape index (κ1) is 23.8. The first-order valence-electron chi connectivity index (χ1n) is 11.4. The molecule has 2 heterocycles. The fraction of sp³-hybridized carbons (Fsp3) is 0.107. The van der Waals surface area contributed by atoms with Crippen molar-refractivity contribution in [2.24, 2.45) is 0 Å². The lowest BCUT2D eigenvalue weighted by Crippen LogP contribution is -2.31. The molecule has 36 heavy (non-hydrogen) atoms. The molecule has 1 fully saturated rings. The number of halogens is 1. The highest BCUT2D eigenvalue weighted by Gasteiger charge is 2.37. The van der Waals surface area contributed by atoms with Crippen LogP contribution in [-0.2, 0) is 22.7 Å². The average Bonchev–Trinajstić information content (AvgIpc) is 3.34. The van der Waals surface area contributed by atoms with E-state index in [2.05, 4.69) is 5.32 Å². The van der Waals surface area contributed by atoms with Crippen LogP contribution in [0.3, 0.4) is 0 Å². The highest BCUT2D eigenvalue weighted by Crippen LogP contribution is 2.31. The summed E-state index contributed by atoms with van der Waals surface area (Å²) in [6.07, 6.45) is 3.72. The monoisotopic (exact) mass is 514 g/mol. The molecule has 4 aromatic rings. The molecule has 8 heteroatoms. The molecule has 1 N–H and O–H groups in total. The maximum Gasteiger partial charge on any atom is 0.281 e. The van der Waals surface area contributed by atoms with Crippen molar-refractivity contribution >= 4 is 63.4 Å². The van der Waals surface area contributed by atoms with Gasteiger partial charge in [-0.25, -0.2) is 0 Å². The molecule has 3 aromatic carbocycles. The second kappa shape index (κ2) is 9.97. The van der Waals surface area contributed by atoms with Gasteiger partial charge in [-0.3, -0.25) is 14.5 Å². The predicted octanol–water partition coefficient (Wildman–Crippen LogP) is 5.22. The standard InChI is InChI=1S/C28H23ClN4O2S/c1-31-25(27(35)33(28(31)36)22-13-11-21(29)12-14-22)15-20-17-32(24-10-6-5-9-23(20)24)18-26(34)30-16-19-7-3-2-4-8-19/h2-15,17H,16,18H2,1H3,(H,30,34)/b25-15-. The number of thiocarbonyl (C=S) groups is 1. The number of carbonyl (C=O) groups excluding carboxylic acids is 2. The number of amides is 2. The molecule has 0 bridgehead atoms. The summed E-state index contributed by atoms with van der Waals surface area (Å²) in [4.78, 5) is 29.3. The maximum atomic E-state index is 13.4. The van der Waals surface area contributed by atoms with E-state index in [1.165, 1.54) is 4.90 Å². The van der Waals surface area contributed by atoms with Crippen LogP contribution in [0.1, 0.15) is 11.1 Å². The highest BCUT2D eigenvalue weighted by atomic mass is 35.5. The van der Waals surface area contributed by atoms with Crippen molar-refractivity contribution in [3.05, 3.63) is 107 Å². The summed E-state index contributed by atoms with van der Waals surface area (Å²) in [6, 6.07) is 24.6. The molecule has 1 saturated heterocycles.